The minimum Gasteiger partial charge on any atom is -0.495 e. The molecule has 0 fully saturated rings. The van der Waals surface area contributed by atoms with Gasteiger partial charge in [-0.25, -0.2) is 4.98 Å². The van der Waals surface area contributed by atoms with Gasteiger partial charge < -0.3 is 15.0 Å². The standard InChI is InChI=1S/C15H21N3OS/c1-11-17-13(10-20-11)8-16-14-7-12(9-18(2)3)5-6-15(14)19-4/h5-7,10,16H,8-9H2,1-4H3. The van der Waals surface area contributed by atoms with Gasteiger partial charge in [0.2, 0.25) is 0 Å². The third-order valence-corrected chi connectivity index (χ3v) is 3.71. The quantitative estimate of drug-likeness (QED) is 0.887. The molecule has 4 nitrogen and oxygen atoms in total. The molecule has 1 N–H and O–H groups in total. The Kier molecular flexibility index (Phi) is 4.98. The molecule has 0 atom stereocenters. The predicted molar refractivity (Wildman–Crippen MR) is 84.6 cm³/mol. The summed E-state index contributed by atoms with van der Waals surface area (Å²) in [7, 11) is 5.82. The molecule has 1 aromatic carbocycles. The van der Waals surface area contributed by atoms with Crippen molar-refractivity contribution in [1.29, 1.82) is 0 Å². The van der Waals surface area contributed by atoms with Crippen molar-refractivity contribution in [3.8, 4) is 5.75 Å². The van der Waals surface area contributed by atoms with E-state index in [0.29, 0.717) is 6.54 Å². The lowest BCUT2D eigenvalue weighted by Gasteiger charge is -2.14. The maximum Gasteiger partial charge on any atom is 0.141 e. The lowest BCUT2D eigenvalue weighted by molar-refractivity contribution is 0.400. The van der Waals surface area contributed by atoms with Crippen molar-refractivity contribution in [3.63, 3.8) is 0 Å². The topological polar surface area (TPSA) is 37.4 Å². The zero-order chi connectivity index (χ0) is 14.5. The number of aromatic nitrogens is 1. The molecule has 1 heterocycles. The van der Waals surface area contributed by atoms with Crippen molar-refractivity contribution < 1.29 is 4.74 Å². The fourth-order valence-corrected chi connectivity index (χ4v) is 2.64. The van der Waals surface area contributed by atoms with Crippen LogP contribution in [0.4, 0.5) is 5.69 Å². The molecule has 0 saturated carbocycles. The molecule has 0 aliphatic rings. The van der Waals surface area contributed by atoms with Gasteiger partial charge in [0.25, 0.3) is 0 Å². The first-order valence-corrected chi connectivity index (χ1v) is 7.43. The number of methoxy groups -OCH3 is 1. The van der Waals surface area contributed by atoms with Gasteiger partial charge in [-0.2, -0.15) is 0 Å². The minimum atomic E-state index is 0.714. The lowest BCUT2D eigenvalue weighted by Crippen LogP contribution is -2.11. The molecule has 0 radical (unpaired) electrons. The Balaban J connectivity index is 2.11. The molecule has 0 aliphatic heterocycles. The van der Waals surface area contributed by atoms with Gasteiger partial charge in [0.15, 0.2) is 0 Å². The number of nitrogens with one attached hydrogen (secondary N) is 1. The Bertz CT molecular complexity index is 566. The van der Waals surface area contributed by atoms with E-state index in [2.05, 4.69) is 46.8 Å². The number of hydrogen-bond acceptors (Lipinski definition) is 5. The smallest absolute Gasteiger partial charge is 0.141 e. The second-order valence-corrected chi connectivity index (χ2v) is 6.05. The second kappa shape index (κ2) is 6.72. The Morgan fingerprint density at radius 3 is 2.75 bits per heavy atom. The number of rotatable bonds is 6. The summed E-state index contributed by atoms with van der Waals surface area (Å²) in [4.78, 5) is 6.61. The van der Waals surface area contributed by atoms with Gasteiger partial charge in [-0.05, 0) is 38.7 Å². The number of benzene rings is 1. The van der Waals surface area contributed by atoms with Gasteiger partial charge in [0.1, 0.15) is 5.75 Å². The van der Waals surface area contributed by atoms with Crippen LogP contribution >= 0.6 is 11.3 Å². The van der Waals surface area contributed by atoms with Crippen LogP contribution in [0.15, 0.2) is 23.6 Å². The van der Waals surface area contributed by atoms with Crippen molar-refractivity contribution in [1.82, 2.24) is 9.88 Å². The van der Waals surface area contributed by atoms with E-state index in [-0.39, 0.29) is 0 Å². The molecule has 0 aliphatic carbocycles. The molecule has 0 bridgehead atoms. The third-order valence-electron chi connectivity index (χ3n) is 2.89. The maximum atomic E-state index is 5.41. The van der Waals surface area contributed by atoms with E-state index < -0.39 is 0 Å². The molecule has 5 heteroatoms. The molecule has 0 spiro atoms. The van der Waals surface area contributed by atoms with E-state index in [1.54, 1.807) is 18.4 Å². The van der Waals surface area contributed by atoms with Crippen LogP contribution in [0.2, 0.25) is 0 Å². The van der Waals surface area contributed by atoms with Gasteiger partial charge in [0.05, 0.1) is 30.0 Å². The van der Waals surface area contributed by atoms with Crippen LogP contribution in [0, 0.1) is 6.92 Å². The Morgan fingerprint density at radius 1 is 1.35 bits per heavy atom. The molecule has 2 aromatic rings. The minimum absolute atomic E-state index is 0.714. The van der Waals surface area contributed by atoms with Crippen LogP contribution in [0.25, 0.3) is 0 Å². The summed E-state index contributed by atoms with van der Waals surface area (Å²) in [6.45, 7) is 3.65. The molecule has 0 saturated heterocycles. The maximum absolute atomic E-state index is 5.41. The molecule has 0 amide bonds. The van der Waals surface area contributed by atoms with Crippen LogP contribution in [-0.2, 0) is 13.1 Å². The summed E-state index contributed by atoms with van der Waals surface area (Å²) < 4.78 is 5.41. The van der Waals surface area contributed by atoms with Crippen LogP contribution in [0.1, 0.15) is 16.3 Å². The number of thiazole rings is 1. The monoisotopic (exact) mass is 291 g/mol. The first-order valence-electron chi connectivity index (χ1n) is 6.55. The molecule has 1 aromatic heterocycles. The summed E-state index contributed by atoms with van der Waals surface area (Å²) in [5.74, 6) is 0.861. The molecular weight excluding hydrogens is 270 g/mol. The number of nitrogens with zero attached hydrogens (tertiary/aromatic N) is 2. The average Bonchev–Trinajstić information content (AvgIpc) is 2.82. The van der Waals surface area contributed by atoms with E-state index in [4.69, 9.17) is 4.74 Å². The highest BCUT2D eigenvalue weighted by atomic mass is 32.1. The van der Waals surface area contributed by atoms with E-state index in [1.807, 2.05) is 13.0 Å². The highest BCUT2D eigenvalue weighted by molar-refractivity contribution is 7.09. The van der Waals surface area contributed by atoms with Crippen molar-refractivity contribution >= 4 is 17.0 Å². The van der Waals surface area contributed by atoms with Crippen molar-refractivity contribution in [2.24, 2.45) is 0 Å². The third kappa shape index (κ3) is 3.95. The summed E-state index contributed by atoms with van der Waals surface area (Å²) >= 11 is 1.67. The van der Waals surface area contributed by atoms with Crippen molar-refractivity contribution in [2.45, 2.75) is 20.0 Å². The first kappa shape index (κ1) is 14.8. The second-order valence-electron chi connectivity index (χ2n) is 4.98. The van der Waals surface area contributed by atoms with E-state index >= 15 is 0 Å². The van der Waals surface area contributed by atoms with E-state index in [9.17, 15) is 0 Å². The molecule has 108 valence electrons. The van der Waals surface area contributed by atoms with Gasteiger partial charge in [-0.1, -0.05) is 6.07 Å². The average molecular weight is 291 g/mol. The van der Waals surface area contributed by atoms with Gasteiger partial charge in [-0.3, -0.25) is 0 Å². The lowest BCUT2D eigenvalue weighted by atomic mass is 10.1. The normalized spacial score (nSPS) is 10.8. The van der Waals surface area contributed by atoms with Crippen molar-refractivity contribution in [2.75, 3.05) is 26.5 Å². The molecule has 0 unspecified atom stereocenters. The SMILES string of the molecule is COc1ccc(CN(C)C)cc1NCc1csc(C)n1. The number of anilines is 1. The Labute approximate surface area is 124 Å². The predicted octanol–water partition coefficient (Wildman–Crippen LogP) is 3.13. The molecule has 2 rings (SSSR count). The fourth-order valence-electron chi connectivity index (χ4n) is 2.03. The largest absolute Gasteiger partial charge is 0.495 e. The van der Waals surface area contributed by atoms with Gasteiger partial charge >= 0.3 is 0 Å². The Hall–Kier alpha value is -1.59. The van der Waals surface area contributed by atoms with Crippen LogP contribution in [0.5, 0.6) is 5.75 Å². The number of ether oxygens (including phenoxy) is 1. The van der Waals surface area contributed by atoms with Crippen LogP contribution < -0.4 is 10.1 Å². The van der Waals surface area contributed by atoms with Gasteiger partial charge in [-0.15, -0.1) is 11.3 Å². The summed E-state index contributed by atoms with van der Waals surface area (Å²) in [6, 6.07) is 6.24. The summed E-state index contributed by atoms with van der Waals surface area (Å²) in [5.41, 5.74) is 3.33. The van der Waals surface area contributed by atoms with Crippen LogP contribution in [0.3, 0.4) is 0 Å². The van der Waals surface area contributed by atoms with E-state index in [1.165, 1.54) is 5.56 Å². The fraction of sp³-hybridized carbons (Fsp3) is 0.400. The van der Waals surface area contributed by atoms with E-state index in [0.717, 1.165) is 28.7 Å². The number of aryl methyl sites for hydroxylation is 1. The number of hydrogen-bond donors (Lipinski definition) is 1. The van der Waals surface area contributed by atoms with Crippen LogP contribution in [-0.4, -0.2) is 31.1 Å². The molecule has 20 heavy (non-hydrogen) atoms. The molecular formula is C15H21N3OS. The summed E-state index contributed by atoms with van der Waals surface area (Å²) in [6.07, 6.45) is 0. The zero-order valence-electron chi connectivity index (χ0n) is 12.4. The first-order chi connectivity index (χ1) is 9.58. The van der Waals surface area contributed by atoms with Gasteiger partial charge in [0, 0.05) is 11.9 Å². The zero-order valence-corrected chi connectivity index (χ0v) is 13.3. The Morgan fingerprint density at radius 2 is 2.15 bits per heavy atom. The highest BCUT2D eigenvalue weighted by Crippen LogP contribution is 2.26. The highest BCUT2D eigenvalue weighted by Gasteiger charge is 2.06. The summed E-state index contributed by atoms with van der Waals surface area (Å²) in [5, 5.41) is 6.58. The van der Waals surface area contributed by atoms with Crippen molar-refractivity contribution in [3.05, 3.63) is 39.8 Å².